The van der Waals surface area contributed by atoms with Crippen LogP contribution in [0.2, 0.25) is 10.0 Å². The second-order valence-electron chi connectivity index (χ2n) is 7.98. The number of carbonyl (C=O) groups excluding carboxylic acids is 1. The molecule has 30 heavy (non-hydrogen) atoms. The molecule has 0 N–H and O–H groups in total. The summed E-state index contributed by atoms with van der Waals surface area (Å²) < 4.78 is 32.0. The summed E-state index contributed by atoms with van der Waals surface area (Å²) in [6, 6.07) is 10.1. The summed E-state index contributed by atoms with van der Waals surface area (Å²) in [5.41, 5.74) is 1.40. The Morgan fingerprint density at radius 1 is 1.10 bits per heavy atom. The number of piperidine rings is 1. The monoisotopic (exact) mass is 467 g/mol. The largest absolute Gasteiger partial charge is 0.492 e. The molecule has 4 rings (SSSR count). The van der Waals surface area contributed by atoms with Crippen molar-refractivity contribution in [3.63, 3.8) is 0 Å². The number of rotatable bonds is 6. The van der Waals surface area contributed by atoms with Crippen molar-refractivity contribution in [2.45, 2.75) is 35.3 Å². The maximum Gasteiger partial charge on any atom is 0.182 e. The molecule has 2 aromatic rings. The number of ether oxygens (including phenoxy) is 1. The molecule has 160 valence electrons. The second-order valence-corrected chi connectivity index (χ2v) is 10.8. The number of fused-ring (bicyclic) bond motifs is 2. The Morgan fingerprint density at radius 2 is 1.80 bits per heavy atom. The second kappa shape index (κ2) is 8.50. The molecule has 0 amide bonds. The number of likely N-dealkylation sites (tertiary alicyclic amines) is 1. The molecule has 0 bridgehead atoms. The van der Waals surface area contributed by atoms with Crippen molar-refractivity contribution in [1.82, 2.24) is 4.90 Å². The number of sulfone groups is 1. The zero-order valence-corrected chi connectivity index (χ0v) is 18.8. The molecule has 1 saturated heterocycles. The van der Waals surface area contributed by atoms with Crippen LogP contribution in [-0.4, -0.2) is 45.8 Å². The molecule has 1 fully saturated rings. The van der Waals surface area contributed by atoms with Crippen LogP contribution in [0.5, 0.6) is 5.75 Å². The quantitative estimate of drug-likeness (QED) is 0.593. The Hall–Kier alpha value is -1.60. The van der Waals surface area contributed by atoms with Crippen molar-refractivity contribution in [1.29, 1.82) is 0 Å². The summed E-state index contributed by atoms with van der Waals surface area (Å²) in [7, 11) is -3.63. The van der Waals surface area contributed by atoms with Gasteiger partial charge < -0.3 is 14.4 Å². The van der Waals surface area contributed by atoms with E-state index in [1.165, 1.54) is 0 Å². The third-order valence-corrected chi connectivity index (χ3v) is 8.51. The molecule has 0 saturated carbocycles. The molecular formula is C22H23Cl2NO4S. The lowest BCUT2D eigenvalue weighted by atomic mass is 9.74. The van der Waals surface area contributed by atoms with E-state index in [1.807, 2.05) is 6.07 Å². The molecule has 0 radical (unpaired) electrons. The van der Waals surface area contributed by atoms with Gasteiger partial charge >= 0.3 is 0 Å². The van der Waals surface area contributed by atoms with Crippen molar-refractivity contribution in [2.24, 2.45) is 0 Å². The molecule has 2 aliphatic rings. The summed E-state index contributed by atoms with van der Waals surface area (Å²) in [6.45, 7) is 3.15. The van der Waals surface area contributed by atoms with Crippen LogP contribution in [0.25, 0.3) is 0 Å². The predicted octanol–water partition coefficient (Wildman–Crippen LogP) is 4.28. The predicted molar refractivity (Wildman–Crippen MR) is 117 cm³/mol. The van der Waals surface area contributed by atoms with E-state index in [0.717, 1.165) is 44.3 Å². The van der Waals surface area contributed by atoms with Gasteiger partial charge in [0.25, 0.3) is 0 Å². The van der Waals surface area contributed by atoms with Crippen molar-refractivity contribution < 1.29 is 17.9 Å². The van der Waals surface area contributed by atoms with E-state index >= 15 is 0 Å². The molecule has 1 spiro atoms. The molecule has 8 heteroatoms. The van der Waals surface area contributed by atoms with E-state index in [0.29, 0.717) is 34.4 Å². The van der Waals surface area contributed by atoms with Gasteiger partial charge in [0.05, 0.1) is 17.3 Å². The standard InChI is InChI=1S/C22H23Cl2NO4S/c23-19-3-1-4-20(24)17(19)14-30(27,28)16-5-6-18-21(13-16)29-15-22(18)7-10-25(11-8-22)9-2-12-26/h1,3-6,12-13H,2,7-11,14-15H2. The highest BCUT2D eigenvalue weighted by atomic mass is 35.5. The van der Waals surface area contributed by atoms with Gasteiger partial charge in [0.15, 0.2) is 9.84 Å². The highest BCUT2D eigenvalue weighted by Gasteiger charge is 2.43. The highest BCUT2D eigenvalue weighted by molar-refractivity contribution is 7.90. The van der Waals surface area contributed by atoms with E-state index in [2.05, 4.69) is 4.90 Å². The zero-order valence-electron chi connectivity index (χ0n) is 16.4. The van der Waals surface area contributed by atoms with Crippen LogP contribution in [0.15, 0.2) is 41.3 Å². The first-order valence-corrected chi connectivity index (χ1v) is 12.3. The van der Waals surface area contributed by atoms with Crippen LogP contribution in [0.3, 0.4) is 0 Å². The average molecular weight is 468 g/mol. The Labute approximate surface area is 186 Å². The smallest absolute Gasteiger partial charge is 0.182 e. The number of benzene rings is 2. The van der Waals surface area contributed by atoms with Crippen LogP contribution in [-0.2, 0) is 25.8 Å². The number of aldehydes is 1. The SMILES string of the molecule is O=CCCN1CCC2(CC1)COc1cc(S(=O)(=O)Cc3c(Cl)cccc3Cl)ccc12. The van der Waals surface area contributed by atoms with Gasteiger partial charge in [-0.05, 0) is 50.2 Å². The summed E-state index contributed by atoms with van der Waals surface area (Å²) in [6.07, 6.45) is 3.37. The molecule has 0 aromatic heterocycles. The topological polar surface area (TPSA) is 63.7 Å². The third kappa shape index (κ3) is 4.11. The zero-order chi connectivity index (χ0) is 21.4. The fourth-order valence-corrected chi connectivity index (χ4v) is 6.45. The number of carbonyl (C=O) groups is 1. The van der Waals surface area contributed by atoms with Crippen LogP contribution in [0, 0.1) is 0 Å². The van der Waals surface area contributed by atoms with Gasteiger partial charge in [0.2, 0.25) is 0 Å². The first kappa shape index (κ1) is 21.6. The summed E-state index contributed by atoms with van der Waals surface area (Å²) in [4.78, 5) is 13.1. The van der Waals surface area contributed by atoms with Crippen LogP contribution >= 0.6 is 23.2 Å². The van der Waals surface area contributed by atoms with Crippen LogP contribution in [0.1, 0.15) is 30.4 Å². The summed E-state index contributed by atoms with van der Waals surface area (Å²) in [5.74, 6) is 0.379. The molecule has 2 aliphatic heterocycles. The Kier molecular flexibility index (Phi) is 6.13. The minimum atomic E-state index is -3.63. The number of hydrogen-bond acceptors (Lipinski definition) is 5. The van der Waals surface area contributed by atoms with E-state index in [1.54, 1.807) is 30.3 Å². The Morgan fingerprint density at radius 3 is 2.47 bits per heavy atom. The first-order valence-electron chi connectivity index (χ1n) is 9.94. The van der Waals surface area contributed by atoms with E-state index in [4.69, 9.17) is 27.9 Å². The maximum absolute atomic E-state index is 13.0. The van der Waals surface area contributed by atoms with Crippen molar-refractivity contribution in [2.75, 3.05) is 26.2 Å². The highest BCUT2D eigenvalue weighted by Crippen LogP contribution is 2.46. The van der Waals surface area contributed by atoms with E-state index in [9.17, 15) is 13.2 Å². The van der Waals surface area contributed by atoms with Gasteiger partial charge in [0.1, 0.15) is 12.0 Å². The molecule has 2 aromatic carbocycles. The average Bonchev–Trinajstić information content (AvgIpc) is 3.08. The van der Waals surface area contributed by atoms with E-state index in [-0.39, 0.29) is 16.1 Å². The normalized spacial score (nSPS) is 18.2. The number of nitrogens with zero attached hydrogens (tertiary/aromatic N) is 1. The van der Waals surface area contributed by atoms with Gasteiger partial charge in [-0.2, -0.15) is 0 Å². The van der Waals surface area contributed by atoms with Gasteiger partial charge in [-0.25, -0.2) is 8.42 Å². The van der Waals surface area contributed by atoms with E-state index < -0.39 is 9.84 Å². The van der Waals surface area contributed by atoms with Gasteiger partial charge in [-0.3, -0.25) is 0 Å². The molecule has 0 aliphatic carbocycles. The van der Waals surface area contributed by atoms with Crippen molar-refractivity contribution >= 4 is 39.3 Å². The van der Waals surface area contributed by atoms with Crippen molar-refractivity contribution in [3.05, 3.63) is 57.6 Å². The number of halogens is 2. The molecule has 5 nitrogen and oxygen atoms in total. The Balaban J connectivity index is 1.55. The fraction of sp³-hybridized carbons (Fsp3) is 0.409. The minimum absolute atomic E-state index is 0.0820. The Bertz CT molecular complexity index is 1040. The summed E-state index contributed by atoms with van der Waals surface area (Å²) >= 11 is 12.3. The molecular weight excluding hydrogens is 445 g/mol. The summed E-state index contributed by atoms with van der Waals surface area (Å²) in [5, 5.41) is 0.674. The molecule has 0 atom stereocenters. The van der Waals surface area contributed by atoms with Crippen LogP contribution in [0.4, 0.5) is 0 Å². The lowest BCUT2D eigenvalue weighted by molar-refractivity contribution is -0.108. The fourth-order valence-electron chi connectivity index (χ4n) is 4.34. The molecule has 0 unspecified atom stereocenters. The number of hydrogen-bond donors (Lipinski definition) is 0. The van der Waals surface area contributed by atoms with Crippen molar-refractivity contribution in [3.8, 4) is 5.75 Å². The minimum Gasteiger partial charge on any atom is -0.492 e. The lowest BCUT2D eigenvalue weighted by Crippen LogP contribution is -2.43. The van der Waals surface area contributed by atoms with Gasteiger partial charge in [0, 0.05) is 39.6 Å². The first-order chi connectivity index (χ1) is 14.3. The van der Waals surface area contributed by atoms with Gasteiger partial charge in [-0.15, -0.1) is 0 Å². The maximum atomic E-state index is 13.0. The molecule has 2 heterocycles. The van der Waals surface area contributed by atoms with Crippen LogP contribution < -0.4 is 4.74 Å². The lowest BCUT2D eigenvalue weighted by Gasteiger charge is -2.38. The third-order valence-electron chi connectivity index (χ3n) is 6.16. The van der Waals surface area contributed by atoms with Gasteiger partial charge in [-0.1, -0.05) is 35.3 Å².